The molecule has 0 aliphatic heterocycles. The lowest BCUT2D eigenvalue weighted by Crippen LogP contribution is -2.30. The molecular formula is C18H25NO6S. The van der Waals surface area contributed by atoms with Crippen LogP contribution in [0.15, 0.2) is 24.3 Å². The number of nitrogens with one attached hydrogen (secondary N) is 1. The highest BCUT2D eigenvalue weighted by Crippen LogP contribution is 2.21. The van der Waals surface area contributed by atoms with Crippen molar-refractivity contribution < 1.29 is 29.8 Å². The summed E-state index contributed by atoms with van der Waals surface area (Å²) in [6.07, 6.45) is 2.75. The summed E-state index contributed by atoms with van der Waals surface area (Å²) < 4.78 is 0. The van der Waals surface area contributed by atoms with E-state index in [1.807, 2.05) is 6.92 Å². The number of carbonyl (C=O) groups excluding carboxylic acids is 1. The lowest BCUT2D eigenvalue weighted by molar-refractivity contribution is -0.142. The molecule has 2 unspecified atom stereocenters. The molecule has 0 aliphatic carbocycles. The van der Waals surface area contributed by atoms with E-state index in [2.05, 4.69) is 0 Å². The van der Waals surface area contributed by atoms with Crippen molar-refractivity contribution in [2.24, 2.45) is 5.92 Å². The normalized spacial score (nSPS) is 13.0. The second-order valence-corrected chi connectivity index (χ2v) is 7.32. The van der Waals surface area contributed by atoms with E-state index in [1.54, 1.807) is 17.6 Å². The zero-order valence-electron chi connectivity index (χ0n) is 14.7. The summed E-state index contributed by atoms with van der Waals surface area (Å²) in [4.78, 5) is 34.0. The van der Waals surface area contributed by atoms with Crippen LogP contribution in [-0.2, 0) is 16.0 Å². The number of rotatable bonds is 12. The zero-order valence-corrected chi connectivity index (χ0v) is 15.5. The van der Waals surface area contributed by atoms with Gasteiger partial charge in [-0.3, -0.25) is 14.8 Å². The van der Waals surface area contributed by atoms with Gasteiger partial charge in [-0.15, -0.1) is 11.8 Å². The summed E-state index contributed by atoms with van der Waals surface area (Å²) in [5.74, 6) is -2.40. The van der Waals surface area contributed by atoms with E-state index >= 15 is 0 Å². The van der Waals surface area contributed by atoms with E-state index < -0.39 is 23.8 Å². The van der Waals surface area contributed by atoms with E-state index in [0.717, 1.165) is 6.42 Å². The van der Waals surface area contributed by atoms with Crippen molar-refractivity contribution in [3.8, 4) is 0 Å². The maximum Gasteiger partial charge on any atom is 0.335 e. The van der Waals surface area contributed by atoms with E-state index in [-0.39, 0.29) is 17.2 Å². The van der Waals surface area contributed by atoms with Crippen LogP contribution in [0.3, 0.4) is 0 Å². The average Bonchev–Trinajstić information content (AvgIpc) is 2.62. The van der Waals surface area contributed by atoms with Crippen molar-refractivity contribution in [3.63, 3.8) is 0 Å². The van der Waals surface area contributed by atoms with Crippen molar-refractivity contribution in [3.05, 3.63) is 35.4 Å². The third kappa shape index (κ3) is 7.45. The van der Waals surface area contributed by atoms with Crippen LogP contribution < -0.4 is 5.48 Å². The average molecular weight is 383 g/mol. The molecule has 7 nitrogen and oxygen atoms in total. The number of benzene rings is 1. The molecule has 1 rings (SSSR count). The minimum Gasteiger partial charge on any atom is -0.481 e. The molecule has 0 bridgehead atoms. The van der Waals surface area contributed by atoms with Gasteiger partial charge in [0.15, 0.2) is 0 Å². The Balaban J connectivity index is 2.56. The first-order chi connectivity index (χ1) is 12.4. The van der Waals surface area contributed by atoms with Gasteiger partial charge in [0.25, 0.3) is 5.91 Å². The van der Waals surface area contributed by atoms with Crippen LogP contribution in [0.25, 0.3) is 0 Å². The van der Waals surface area contributed by atoms with Crippen molar-refractivity contribution in [1.82, 2.24) is 5.48 Å². The van der Waals surface area contributed by atoms with Gasteiger partial charge in [-0.2, -0.15) is 0 Å². The number of carboxylic acid groups (broad SMARTS) is 2. The summed E-state index contributed by atoms with van der Waals surface area (Å²) >= 11 is 1.40. The summed E-state index contributed by atoms with van der Waals surface area (Å²) in [6.45, 7) is 1.95. The van der Waals surface area contributed by atoms with Gasteiger partial charge in [0, 0.05) is 0 Å². The van der Waals surface area contributed by atoms with Gasteiger partial charge in [0.05, 0.1) is 16.7 Å². The van der Waals surface area contributed by atoms with Crippen molar-refractivity contribution in [1.29, 1.82) is 0 Å². The van der Waals surface area contributed by atoms with E-state index in [0.29, 0.717) is 30.6 Å². The van der Waals surface area contributed by atoms with Gasteiger partial charge in [0.1, 0.15) is 0 Å². The molecule has 1 amide bonds. The van der Waals surface area contributed by atoms with Crippen molar-refractivity contribution in [2.75, 3.05) is 5.75 Å². The molecule has 0 radical (unpaired) electrons. The van der Waals surface area contributed by atoms with Gasteiger partial charge in [-0.25, -0.2) is 10.3 Å². The Morgan fingerprint density at radius 3 is 2.50 bits per heavy atom. The molecule has 1 aromatic carbocycles. The summed E-state index contributed by atoms with van der Waals surface area (Å²) in [5.41, 5.74) is 2.48. The molecule has 8 heteroatoms. The largest absolute Gasteiger partial charge is 0.481 e. The monoisotopic (exact) mass is 383 g/mol. The molecule has 0 aliphatic rings. The molecule has 0 fully saturated rings. The van der Waals surface area contributed by atoms with Crippen LogP contribution in [0.2, 0.25) is 0 Å². The maximum absolute atomic E-state index is 11.5. The summed E-state index contributed by atoms with van der Waals surface area (Å²) in [6, 6.07) is 6.30. The molecule has 0 saturated heterocycles. The first-order valence-electron chi connectivity index (χ1n) is 8.49. The number of hydrogen-bond donors (Lipinski definition) is 4. The quantitative estimate of drug-likeness (QED) is 0.248. The Hall–Kier alpha value is -2.06. The standard InChI is InChI=1S/C18H25NO6S/c1-2-5-15(16(20)19-25)26-9-4-8-14(18(23)24)11-12-6-3-7-13(10-12)17(21)22/h3,6-7,10,14-15,25H,2,4-5,8-9,11H2,1H3,(H,19,20)(H,21,22)(H,23,24). The van der Waals surface area contributed by atoms with E-state index in [1.165, 1.54) is 23.9 Å². The highest BCUT2D eigenvalue weighted by Gasteiger charge is 2.20. The number of aromatic carboxylic acids is 1. The fourth-order valence-electron chi connectivity index (χ4n) is 2.61. The zero-order chi connectivity index (χ0) is 19.5. The molecule has 0 heterocycles. The number of hydroxylamine groups is 1. The molecule has 4 N–H and O–H groups in total. The second kappa shape index (κ2) is 11.5. The Labute approximate surface area is 156 Å². The highest BCUT2D eigenvalue weighted by atomic mass is 32.2. The maximum atomic E-state index is 11.5. The number of carboxylic acids is 2. The highest BCUT2D eigenvalue weighted by molar-refractivity contribution is 8.00. The number of hydrogen-bond acceptors (Lipinski definition) is 5. The second-order valence-electron chi connectivity index (χ2n) is 6.01. The fraction of sp³-hybridized carbons (Fsp3) is 0.500. The van der Waals surface area contributed by atoms with Crippen LogP contribution in [-0.4, -0.2) is 44.3 Å². The fourth-order valence-corrected chi connectivity index (χ4v) is 3.83. The Kier molecular flexibility index (Phi) is 9.75. The van der Waals surface area contributed by atoms with Crippen molar-refractivity contribution >= 4 is 29.6 Å². The molecule has 26 heavy (non-hydrogen) atoms. The number of thioether (sulfide) groups is 1. The number of carbonyl (C=O) groups is 3. The first kappa shape index (κ1) is 22.0. The summed E-state index contributed by atoms with van der Waals surface area (Å²) in [5, 5.41) is 26.8. The van der Waals surface area contributed by atoms with E-state index in [4.69, 9.17) is 10.3 Å². The van der Waals surface area contributed by atoms with Gasteiger partial charge < -0.3 is 10.2 Å². The first-order valence-corrected chi connectivity index (χ1v) is 9.54. The smallest absolute Gasteiger partial charge is 0.335 e. The Morgan fingerprint density at radius 2 is 1.92 bits per heavy atom. The predicted octanol–water partition coefficient (Wildman–Crippen LogP) is 2.82. The number of amides is 1. The topological polar surface area (TPSA) is 124 Å². The Bertz CT molecular complexity index is 621. The third-order valence-electron chi connectivity index (χ3n) is 3.97. The van der Waals surface area contributed by atoms with Crippen LogP contribution in [0, 0.1) is 5.92 Å². The molecule has 0 saturated carbocycles. The van der Waals surface area contributed by atoms with Crippen LogP contribution in [0.4, 0.5) is 0 Å². The van der Waals surface area contributed by atoms with Gasteiger partial charge in [0.2, 0.25) is 0 Å². The van der Waals surface area contributed by atoms with Gasteiger partial charge in [-0.1, -0.05) is 25.5 Å². The predicted molar refractivity (Wildman–Crippen MR) is 98.5 cm³/mol. The Morgan fingerprint density at radius 1 is 1.19 bits per heavy atom. The molecule has 1 aromatic rings. The van der Waals surface area contributed by atoms with Crippen molar-refractivity contribution in [2.45, 2.75) is 44.3 Å². The molecule has 0 spiro atoms. The minimum absolute atomic E-state index is 0.139. The molecule has 0 aromatic heterocycles. The lowest BCUT2D eigenvalue weighted by atomic mass is 9.94. The molecule has 144 valence electrons. The minimum atomic E-state index is -1.04. The van der Waals surface area contributed by atoms with Crippen LogP contribution in [0.1, 0.15) is 48.5 Å². The van der Waals surface area contributed by atoms with E-state index in [9.17, 15) is 19.5 Å². The third-order valence-corrected chi connectivity index (χ3v) is 5.35. The van der Waals surface area contributed by atoms with Gasteiger partial charge in [-0.05, 0) is 49.1 Å². The lowest BCUT2D eigenvalue weighted by Gasteiger charge is -2.15. The molecule has 2 atom stereocenters. The van der Waals surface area contributed by atoms with Gasteiger partial charge >= 0.3 is 11.9 Å². The van der Waals surface area contributed by atoms with Crippen LogP contribution in [0.5, 0.6) is 0 Å². The summed E-state index contributed by atoms with van der Waals surface area (Å²) in [7, 11) is 0. The SMILES string of the molecule is CCCC(SCCCC(Cc1cccc(C(=O)O)c1)C(=O)O)C(=O)NO. The molecular weight excluding hydrogens is 358 g/mol. The van der Waals surface area contributed by atoms with Crippen LogP contribution >= 0.6 is 11.8 Å². The number of aliphatic carboxylic acids is 1.